The Morgan fingerprint density at radius 1 is 1.25 bits per heavy atom. The number of hydrogen-bond acceptors (Lipinski definition) is 1. The lowest BCUT2D eigenvalue weighted by Gasteiger charge is -2.00. The summed E-state index contributed by atoms with van der Waals surface area (Å²) in [6.45, 7) is 0.300. The lowest BCUT2D eigenvalue weighted by Crippen LogP contribution is -1.88. The van der Waals surface area contributed by atoms with Crippen molar-refractivity contribution in [3.8, 4) is 0 Å². The van der Waals surface area contributed by atoms with Gasteiger partial charge in [-0.15, -0.1) is 0 Å². The van der Waals surface area contributed by atoms with Gasteiger partial charge in [-0.3, -0.25) is 0 Å². The first-order valence-corrected chi connectivity index (χ1v) is 4.97. The van der Waals surface area contributed by atoms with Gasteiger partial charge < -0.3 is 5.11 Å². The second-order valence-electron chi connectivity index (χ2n) is 2.81. The summed E-state index contributed by atoms with van der Waals surface area (Å²) < 4.78 is 1.13. The van der Waals surface area contributed by atoms with E-state index in [1.165, 1.54) is 5.56 Å². The standard InChI is InChI=1S/C10H13BrO/c11-10-6-3-5-9(8-10)4-1-2-7-12/h3,5-6,8,12H,1-2,4,7H2. The normalized spacial score (nSPS) is 10.2. The first kappa shape index (κ1) is 9.75. The summed E-state index contributed by atoms with van der Waals surface area (Å²) in [6.07, 6.45) is 3.01. The topological polar surface area (TPSA) is 20.2 Å². The smallest absolute Gasteiger partial charge is 0.0431 e. The molecule has 1 nitrogen and oxygen atoms in total. The van der Waals surface area contributed by atoms with Crippen LogP contribution < -0.4 is 0 Å². The molecule has 0 bridgehead atoms. The van der Waals surface area contributed by atoms with Crippen LogP contribution >= 0.6 is 15.9 Å². The summed E-state index contributed by atoms with van der Waals surface area (Å²) in [5.41, 5.74) is 1.33. The second kappa shape index (κ2) is 5.33. The van der Waals surface area contributed by atoms with Crippen LogP contribution in [0.3, 0.4) is 0 Å². The SMILES string of the molecule is OCCCCc1cccc(Br)c1. The Balaban J connectivity index is 2.41. The Kier molecular flexibility index (Phi) is 4.33. The maximum atomic E-state index is 8.59. The molecule has 0 fully saturated rings. The van der Waals surface area contributed by atoms with Gasteiger partial charge in [0.05, 0.1) is 0 Å². The van der Waals surface area contributed by atoms with Gasteiger partial charge in [-0.1, -0.05) is 28.1 Å². The first-order valence-electron chi connectivity index (χ1n) is 4.18. The minimum absolute atomic E-state index is 0.300. The molecule has 1 aromatic rings. The van der Waals surface area contributed by atoms with Crippen LogP contribution in [0, 0.1) is 0 Å². The average Bonchev–Trinajstić information content (AvgIpc) is 2.05. The van der Waals surface area contributed by atoms with Gasteiger partial charge in [-0.05, 0) is 37.0 Å². The number of benzene rings is 1. The van der Waals surface area contributed by atoms with Gasteiger partial charge in [0, 0.05) is 11.1 Å². The molecule has 0 radical (unpaired) electrons. The van der Waals surface area contributed by atoms with E-state index >= 15 is 0 Å². The van der Waals surface area contributed by atoms with Crippen molar-refractivity contribution < 1.29 is 5.11 Å². The zero-order valence-electron chi connectivity index (χ0n) is 6.96. The van der Waals surface area contributed by atoms with Crippen LogP contribution in [-0.4, -0.2) is 11.7 Å². The van der Waals surface area contributed by atoms with Gasteiger partial charge in [0.2, 0.25) is 0 Å². The molecule has 1 rings (SSSR count). The predicted octanol–water partition coefficient (Wildman–Crippen LogP) is 2.76. The third-order valence-electron chi connectivity index (χ3n) is 1.76. The Morgan fingerprint density at radius 2 is 2.08 bits per heavy atom. The average molecular weight is 229 g/mol. The van der Waals surface area contributed by atoms with Crippen molar-refractivity contribution in [1.82, 2.24) is 0 Å². The summed E-state index contributed by atoms with van der Waals surface area (Å²) in [5, 5.41) is 8.59. The summed E-state index contributed by atoms with van der Waals surface area (Å²) in [5.74, 6) is 0. The predicted molar refractivity (Wildman–Crippen MR) is 54.2 cm³/mol. The fourth-order valence-electron chi connectivity index (χ4n) is 1.13. The summed E-state index contributed by atoms with van der Waals surface area (Å²) in [4.78, 5) is 0. The van der Waals surface area contributed by atoms with Crippen molar-refractivity contribution in [3.05, 3.63) is 34.3 Å². The maximum absolute atomic E-state index is 8.59. The number of rotatable bonds is 4. The lowest BCUT2D eigenvalue weighted by atomic mass is 10.1. The lowest BCUT2D eigenvalue weighted by molar-refractivity contribution is 0.284. The molecule has 0 saturated carbocycles. The molecule has 2 heteroatoms. The monoisotopic (exact) mass is 228 g/mol. The second-order valence-corrected chi connectivity index (χ2v) is 3.73. The van der Waals surface area contributed by atoms with Gasteiger partial charge >= 0.3 is 0 Å². The van der Waals surface area contributed by atoms with Crippen LogP contribution in [0.25, 0.3) is 0 Å². The molecular weight excluding hydrogens is 216 g/mol. The van der Waals surface area contributed by atoms with Crippen LogP contribution in [0.2, 0.25) is 0 Å². The van der Waals surface area contributed by atoms with E-state index in [4.69, 9.17) is 5.11 Å². The highest BCUT2D eigenvalue weighted by Gasteiger charge is 1.93. The molecule has 1 aromatic carbocycles. The highest BCUT2D eigenvalue weighted by atomic mass is 79.9. The fourth-order valence-corrected chi connectivity index (χ4v) is 1.58. The van der Waals surface area contributed by atoms with Crippen molar-refractivity contribution in [1.29, 1.82) is 0 Å². The molecule has 66 valence electrons. The number of hydrogen-bond donors (Lipinski definition) is 1. The van der Waals surface area contributed by atoms with E-state index < -0.39 is 0 Å². The van der Waals surface area contributed by atoms with E-state index in [0.29, 0.717) is 6.61 Å². The molecular formula is C10H13BrO. The van der Waals surface area contributed by atoms with Gasteiger partial charge in [0.15, 0.2) is 0 Å². The van der Waals surface area contributed by atoms with Gasteiger partial charge in [-0.25, -0.2) is 0 Å². The van der Waals surface area contributed by atoms with E-state index in [1.54, 1.807) is 0 Å². The zero-order valence-corrected chi connectivity index (χ0v) is 8.55. The van der Waals surface area contributed by atoms with Crippen LogP contribution in [-0.2, 0) is 6.42 Å². The number of aryl methyl sites for hydroxylation is 1. The summed E-state index contributed by atoms with van der Waals surface area (Å²) in [7, 11) is 0. The van der Waals surface area contributed by atoms with Crippen LogP contribution in [0.5, 0.6) is 0 Å². The van der Waals surface area contributed by atoms with E-state index in [-0.39, 0.29) is 0 Å². The molecule has 1 N–H and O–H groups in total. The third-order valence-corrected chi connectivity index (χ3v) is 2.26. The maximum Gasteiger partial charge on any atom is 0.0431 e. The summed E-state index contributed by atoms with van der Waals surface area (Å²) >= 11 is 3.42. The zero-order chi connectivity index (χ0) is 8.81. The van der Waals surface area contributed by atoms with Crippen LogP contribution in [0.1, 0.15) is 18.4 Å². The molecule has 0 atom stereocenters. The molecule has 0 aliphatic carbocycles. The van der Waals surface area contributed by atoms with E-state index in [9.17, 15) is 0 Å². The molecule has 0 heterocycles. The minimum Gasteiger partial charge on any atom is -0.396 e. The van der Waals surface area contributed by atoms with Crippen molar-refractivity contribution in [2.24, 2.45) is 0 Å². The molecule has 12 heavy (non-hydrogen) atoms. The van der Waals surface area contributed by atoms with Crippen molar-refractivity contribution >= 4 is 15.9 Å². The number of unbranched alkanes of at least 4 members (excludes halogenated alkanes) is 1. The van der Waals surface area contributed by atoms with Gasteiger partial charge in [0.1, 0.15) is 0 Å². The molecule has 0 spiro atoms. The molecule has 0 unspecified atom stereocenters. The summed E-state index contributed by atoms with van der Waals surface area (Å²) in [6, 6.07) is 8.30. The molecule has 0 aromatic heterocycles. The largest absolute Gasteiger partial charge is 0.396 e. The van der Waals surface area contributed by atoms with Gasteiger partial charge in [0.25, 0.3) is 0 Å². The van der Waals surface area contributed by atoms with Crippen LogP contribution in [0.15, 0.2) is 28.7 Å². The van der Waals surface area contributed by atoms with Gasteiger partial charge in [-0.2, -0.15) is 0 Å². The van der Waals surface area contributed by atoms with E-state index in [1.807, 2.05) is 12.1 Å². The molecule has 0 aliphatic heterocycles. The molecule has 0 saturated heterocycles. The molecule has 0 amide bonds. The molecule has 0 aliphatic rings. The highest BCUT2D eigenvalue weighted by Crippen LogP contribution is 2.13. The Bertz CT molecular complexity index is 235. The Morgan fingerprint density at radius 3 is 2.75 bits per heavy atom. The van der Waals surface area contributed by atoms with Crippen molar-refractivity contribution in [3.63, 3.8) is 0 Å². The first-order chi connectivity index (χ1) is 5.83. The number of aliphatic hydroxyl groups is 1. The Hall–Kier alpha value is -0.340. The number of aliphatic hydroxyl groups excluding tert-OH is 1. The van der Waals surface area contributed by atoms with Crippen LogP contribution in [0.4, 0.5) is 0 Å². The quantitative estimate of drug-likeness (QED) is 0.787. The third kappa shape index (κ3) is 3.37. The minimum atomic E-state index is 0.300. The van der Waals surface area contributed by atoms with E-state index in [0.717, 1.165) is 23.7 Å². The Labute approximate surface area is 81.6 Å². The highest BCUT2D eigenvalue weighted by molar-refractivity contribution is 9.10. The van der Waals surface area contributed by atoms with Crippen molar-refractivity contribution in [2.75, 3.05) is 6.61 Å². The number of halogens is 1. The fraction of sp³-hybridized carbons (Fsp3) is 0.400. The van der Waals surface area contributed by atoms with Crippen molar-refractivity contribution in [2.45, 2.75) is 19.3 Å². The van der Waals surface area contributed by atoms with E-state index in [2.05, 4.69) is 28.1 Å².